The quantitative estimate of drug-likeness (QED) is 0.722. The fraction of sp³-hybridized carbons (Fsp3) is 0.188. The number of carboxylic acids is 1. The van der Waals surface area contributed by atoms with Crippen LogP contribution in [-0.2, 0) is 6.54 Å². The van der Waals surface area contributed by atoms with Gasteiger partial charge in [0.15, 0.2) is 5.65 Å². The van der Waals surface area contributed by atoms with Crippen molar-refractivity contribution in [1.82, 2.24) is 14.3 Å². The highest BCUT2D eigenvalue weighted by Gasteiger charge is 2.26. The Bertz CT molecular complexity index is 971. The molecule has 118 valence electrons. The van der Waals surface area contributed by atoms with Crippen molar-refractivity contribution in [3.8, 4) is 11.3 Å². The lowest BCUT2D eigenvalue weighted by Gasteiger charge is -2.12. The van der Waals surface area contributed by atoms with E-state index in [4.69, 9.17) is 0 Å². The monoisotopic (exact) mass is 313 g/mol. The van der Waals surface area contributed by atoms with Crippen LogP contribution >= 0.6 is 0 Å². The fourth-order valence-electron chi connectivity index (χ4n) is 2.81. The van der Waals surface area contributed by atoms with E-state index in [1.165, 1.54) is 0 Å². The molecular formula is C16H15N3O4. The first-order chi connectivity index (χ1) is 11.0. The standard InChI is InChI=1S/C16H15N3O4/c1-3-18-9(2)17-15-13(18)14(20)11(16(21)22)12(19(15)23)10-7-5-4-6-8-10/h4-8,23H,3H2,1-2H3,(H,21,22). The number of benzene rings is 1. The lowest BCUT2D eigenvalue weighted by Crippen LogP contribution is -2.23. The van der Waals surface area contributed by atoms with Gasteiger partial charge in [-0.2, -0.15) is 4.73 Å². The number of imidazole rings is 1. The summed E-state index contributed by atoms with van der Waals surface area (Å²) in [6.45, 7) is 3.97. The molecule has 0 aliphatic carbocycles. The first-order valence-corrected chi connectivity index (χ1v) is 7.11. The first-order valence-electron chi connectivity index (χ1n) is 7.11. The molecule has 0 atom stereocenters. The van der Waals surface area contributed by atoms with E-state index in [0.29, 0.717) is 22.7 Å². The Balaban J connectivity index is 2.56. The second-order valence-electron chi connectivity index (χ2n) is 5.11. The van der Waals surface area contributed by atoms with Crippen LogP contribution in [0.4, 0.5) is 0 Å². The van der Waals surface area contributed by atoms with E-state index < -0.39 is 17.0 Å². The largest absolute Gasteiger partial charge is 0.477 e. The lowest BCUT2D eigenvalue weighted by molar-refractivity contribution is 0.0692. The van der Waals surface area contributed by atoms with E-state index in [-0.39, 0.29) is 16.9 Å². The van der Waals surface area contributed by atoms with Crippen LogP contribution in [0.2, 0.25) is 0 Å². The lowest BCUT2D eigenvalue weighted by atomic mass is 10.0. The van der Waals surface area contributed by atoms with Crippen molar-refractivity contribution in [2.75, 3.05) is 0 Å². The van der Waals surface area contributed by atoms with Crippen molar-refractivity contribution >= 4 is 17.1 Å². The molecule has 0 fully saturated rings. The van der Waals surface area contributed by atoms with Gasteiger partial charge >= 0.3 is 5.97 Å². The van der Waals surface area contributed by atoms with Crippen molar-refractivity contribution in [1.29, 1.82) is 0 Å². The summed E-state index contributed by atoms with van der Waals surface area (Å²) in [5.41, 5.74) is -0.630. The Morgan fingerprint density at radius 3 is 2.48 bits per heavy atom. The average Bonchev–Trinajstić information content (AvgIpc) is 2.88. The van der Waals surface area contributed by atoms with Gasteiger partial charge in [-0.25, -0.2) is 9.78 Å². The molecule has 0 bridgehead atoms. The Morgan fingerprint density at radius 2 is 1.91 bits per heavy atom. The maximum atomic E-state index is 12.7. The molecule has 1 aromatic carbocycles. The highest BCUT2D eigenvalue weighted by molar-refractivity contribution is 5.98. The van der Waals surface area contributed by atoms with Crippen LogP contribution in [0.5, 0.6) is 0 Å². The fourth-order valence-corrected chi connectivity index (χ4v) is 2.81. The molecule has 0 aliphatic rings. The van der Waals surface area contributed by atoms with Gasteiger partial charge in [0.2, 0.25) is 5.43 Å². The SMILES string of the molecule is CCn1c(C)nc2c1c(=O)c(C(=O)O)c(-c1ccccc1)n2O. The third-order valence-corrected chi connectivity index (χ3v) is 3.81. The van der Waals surface area contributed by atoms with Gasteiger partial charge in [0.25, 0.3) is 0 Å². The van der Waals surface area contributed by atoms with Crippen LogP contribution in [0.15, 0.2) is 35.1 Å². The summed E-state index contributed by atoms with van der Waals surface area (Å²) in [5.74, 6) is -0.857. The third kappa shape index (κ3) is 2.09. The van der Waals surface area contributed by atoms with E-state index in [0.717, 1.165) is 0 Å². The van der Waals surface area contributed by atoms with Gasteiger partial charge in [0, 0.05) is 12.1 Å². The predicted octanol–water partition coefficient (Wildman–Crippen LogP) is 2.13. The van der Waals surface area contributed by atoms with Crippen LogP contribution in [-0.4, -0.2) is 30.6 Å². The molecule has 3 rings (SSSR count). The Labute approximate surface area is 131 Å². The molecule has 2 aromatic heterocycles. The molecule has 2 heterocycles. The van der Waals surface area contributed by atoms with E-state index in [1.807, 2.05) is 6.92 Å². The smallest absolute Gasteiger partial charge is 0.342 e. The number of nitrogens with zero attached hydrogens (tertiary/aromatic N) is 3. The molecule has 0 spiro atoms. The molecule has 0 amide bonds. The van der Waals surface area contributed by atoms with Crippen LogP contribution in [0.1, 0.15) is 23.1 Å². The molecule has 23 heavy (non-hydrogen) atoms. The molecule has 7 heteroatoms. The number of carbonyl (C=O) groups is 1. The number of aromatic carboxylic acids is 1. The molecule has 0 aliphatic heterocycles. The summed E-state index contributed by atoms with van der Waals surface area (Å²) in [6.07, 6.45) is 0. The molecule has 0 radical (unpaired) electrons. The number of hydrogen-bond acceptors (Lipinski definition) is 4. The normalized spacial score (nSPS) is 11.0. The minimum Gasteiger partial charge on any atom is -0.477 e. The van der Waals surface area contributed by atoms with Crippen LogP contribution < -0.4 is 5.43 Å². The molecule has 2 N–H and O–H groups in total. The number of rotatable bonds is 3. The van der Waals surface area contributed by atoms with Crippen molar-refractivity contribution in [3.63, 3.8) is 0 Å². The van der Waals surface area contributed by atoms with Crippen molar-refractivity contribution < 1.29 is 15.1 Å². The zero-order chi connectivity index (χ0) is 16.7. The number of pyridine rings is 1. The third-order valence-electron chi connectivity index (χ3n) is 3.81. The topological polar surface area (TPSA) is 97.4 Å². The molecule has 3 aromatic rings. The minimum absolute atomic E-state index is 0.0539. The van der Waals surface area contributed by atoms with Gasteiger partial charge < -0.3 is 14.9 Å². The second-order valence-corrected chi connectivity index (χ2v) is 5.11. The number of aromatic nitrogens is 3. The van der Waals surface area contributed by atoms with Gasteiger partial charge in [0.05, 0.1) is 0 Å². The van der Waals surface area contributed by atoms with Gasteiger partial charge in [-0.3, -0.25) is 4.79 Å². The zero-order valence-electron chi connectivity index (χ0n) is 12.6. The van der Waals surface area contributed by atoms with Crippen LogP contribution in [0, 0.1) is 6.92 Å². The maximum absolute atomic E-state index is 12.7. The van der Waals surface area contributed by atoms with Crippen molar-refractivity contribution in [2.45, 2.75) is 20.4 Å². The summed E-state index contributed by atoms with van der Waals surface area (Å²) in [4.78, 5) is 28.6. The summed E-state index contributed by atoms with van der Waals surface area (Å²) in [7, 11) is 0. The Hall–Kier alpha value is -3.09. The molecule has 0 saturated heterocycles. The Kier molecular flexibility index (Phi) is 3.40. The summed E-state index contributed by atoms with van der Waals surface area (Å²) in [6, 6.07) is 8.42. The number of aryl methyl sites for hydroxylation is 2. The van der Waals surface area contributed by atoms with E-state index in [2.05, 4.69) is 4.98 Å². The van der Waals surface area contributed by atoms with Gasteiger partial charge in [0.1, 0.15) is 22.6 Å². The molecule has 0 saturated carbocycles. The highest BCUT2D eigenvalue weighted by Crippen LogP contribution is 2.25. The van der Waals surface area contributed by atoms with E-state index in [1.54, 1.807) is 41.8 Å². The zero-order valence-corrected chi connectivity index (χ0v) is 12.6. The summed E-state index contributed by atoms with van der Waals surface area (Å²) >= 11 is 0. The van der Waals surface area contributed by atoms with E-state index >= 15 is 0 Å². The van der Waals surface area contributed by atoms with E-state index in [9.17, 15) is 19.9 Å². The predicted molar refractivity (Wildman–Crippen MR) is 84.0 cm³/mol. The molecule has 7 nitrogen and oxygen atoms in total. The highest BCUT2D eigenvalue weighted by atomic mass is 16.5. The minimum atomic E-state index is -1.39. The van der Waals surface area contributed by atoms with Crippen LogP contribution in [0.25, 0.3) is 22.4 Å². The van der Waals surface area contributed by atoms with Crippen LogP contribution in [0.3, 0.4) is 0 Å². The Morgan fingerprint density at radius 1 is 1.26 bits per heavy atom. The molecule has 0 unspecified atom stereocenters. The summed E-state index contributed by atoms with van der Waals surface area (Å²) in [5, 5.41) is 20.0. The molecular weight excluding hydrogens is 298 g/mol. The van der Waals surface area contributed by atoms with Gasteiger partial charge in [-0.1, -0.05) is 30.3 Å². The van der Waals surface area contributed by atoms with Gasteiger partial charge in [-0.05, 0) is 13.8 Å². The van der Waals surface area contributed by atoms with Gasteiger partial charge in [-0.15, -0.1) is 0 Å². The number of carboxylic acid groups (broad SMARTS) is 1. The average molecular weight is 313 g/mol. The number of hydrogen-bond donors (Lipinski definition) is 2. The van der Waals surface area contributed by atoms with Crippen molar-refractivity contribution in [2.24, 2.45) is 0 Å². The second kappa shape index (κ2) is 5.28. The first kappa shape index (κ1) is 14.8. The summed E-state index contributed by atoms with van der Waals surface area (Å²) < 4.78 is 2.28. The van der Waals surface area contributed by atoms with Crippen molar-refractivity contribution in [3.05, 3.63) is 51.9 Å². The number of fused-ring (bicyclic) bond motifs is 1. The maximum Gasteiger partial charge on any atom is 0.342 e.